The first-order valence-corrected chi connectivity index (χ1v) is 7.14. The summed E-state index contributed by atoms with van der Waals surface area (Å²) in [5, 5.41) is 2.79. The summed E-state index contributed by atoms with van der Waals surface area (Å²) in [6, 6.07) is 1.39. The lowest BCUT2D eigenvalue weighted by Crippen LogP contribution is -2.43. The highest BCUT2D eigenvalue weighted by Crippen LogP contribution is 2.20. The number of fused-ring (bicyclic) bond motifs is 1. The largest absolute Gasteiger partial charge is 0.341 e. The second kappa shape index (κ2) is 6.48. The summed E-state index contributed by atoms with van der Waals surface area (Å²) in [5.74, 6) is -0.305. The standard InChI is InChI=1S/C17H20N2O2/c1-11(2)15(12(3)20)19-17(21)16-14-8-6-4-5-7-13(14)9-10-18-16/h5-11,15H,4H2,1-3H3,(H,19,21). The fraction of sp³-hybridized carbons (Fsp3) is 0.353. The zero-order valence-electron chi connectivity index (χ0n) is 12.6. The number of nitrogens with one attached hydrogen (secondary N) is 1. The van der Waals surface area contributed by atoms with E-state index in [1.165, 1.54) is 6.92 Å². The van der Waals surface area contributed by atoms with Gasteiger partial charge in [0, 0.05) is 11.8 Å². The SMILES string of the molecule is CC(=O)C(NC(=O)c1nccc2c1C=CCC=C2)C(C)C. The van der Waals surface area contributed by atoms with E-state index in [0.29, 0.717) is 5.69 Å². The molecular formula is C17H20N2O2. The molecule has 1 amide bonds. The number of aromatic nitrogens is 1. The Morgan fingerprint density at radius 2 is 1.95 bits per heavy atom. The first-order valence-electron chi connectivity index (χ1n) is 7.14. The van der Waals surface area contributed by atoms with Crippen molar-refractivity contribution in [2.75, 3.05) is 0 Å². The van der Waals surface area contributed by atoms with E-state index in [2.05, 4.69) is 10.3 Å². The van der Waals surface area contributed by atoms with E-state index in [9.17, 15) is 9.59 Å². The third-order valence-corrected chi connectivity index (χ3v) is 3.48. The molecule has 1 aliphatic carbocycles. The van der Waals surface area contributed by atoms with Crippen LogP contribution in [0.15, 0.2) is 24.4 Å². The van der Waals surface area contributed by atoms with Crippen molar-refractivity contribution in [2.45, 2.75) is 33.2 Å². The lowest BCUT2D eigenvalue weighted by atomic mass is 10.00. The smallest absolute Gasteiger partial charge is 0.271 e. The first kappa shape index (κ1) is 15.2. The molecule has 1 heterocycles. The van der Waals surface area contributed by atoms with Crippen LogP contribution in [0.5, 0.6) is 0 Å². The summed E-state index contributed by atoms with van der Waals surface area (Å²) in [6.45, 7) is 5.31. The van der Waals surface area contributed by atoms with Gasteiger partial charge in [-0.3, -0.25) is 14.6 Å². The Morgan fingerprint density at radius 3 is 2.62 bits per heavy atom. The third kappa shape index (κ3) is 3.45. The van der Waals surface area contributed by atoms with Crippen LogP contribution in [0.2, 0.25) is 0 Å². The second-order valence-electron chi connectivity index (χ2n) is 5.51. The molecule has 1 aliphatic rings. The lowest BCUT2D eigenvalue weighted by molar-refractivity contribution is -0.119. The van der Waals surface area contributed by atoms with Gasteiger partial charge >= 0.3 is 0 Å². The maximum atomic E-state index is 12.5. The highest BCUT2D eigenvalue weighted by Gasteiger charge is 2.23. The highest BCUT2D eigenvalue weighted by molar-refractivity contribution is 5.99. The maximum absolute atomic E-state index is 12.5. The molecule has 4 heteroatoms. The fourth-order valence-electron chi connectivity index (χ4n) is 2.40. The van der Waals surface area contributed by atoms with Gasteiger partial charge in [0.1, 0.15) is 5.69 Å². The average molecular weight is 284 g/mol. The minimum absolute atomic E-state index is 0.0455. The Labute approximate surface area is 125 Å². The van der Waals surface area contributed by atoms with E-state index in [4.69, 9.17) is 0 Å². The number of carbonyl (C=O) groups is 2. The molecule has 0 bridgehead atoms. The number of carbonyl (C=O) groups excluding carboxylic acids is 2. The molecule has 0 saturated heterocycles. The Balaban J connectivity index is 2.32. The third-order valence-electron chi connectivity index (χ3n) is 3.48. The summed E-state index contributed by atoms with van der Waals surface area (Å²) in [6.07, 6.45) is 10.4. The number of hydrogen-bond acceptors (Lipinski definition) is 3. The van der Waals surface area contributed by atoms with Crippen LogP contribution >= 0.6 is 0 Å². The summed E-state index contributed by atoms with van der Waals surface area (Å²) in [4.78, 5) is 28.3. The van der Waals surface area contributed by atoms with Gasteiger partial charge in [-0.15, -0.1) is 0 Å². The average Bonchev–Trinajstić information content (AvgIpc) is 2.68. The molecule has 1 aromatic heterocycles. The van der Waals surface area contributed by atoms with E-state index < -0.39 is 6.04 Å². The van der Waals surface area contributed by atoms with Crippen LogP contribution < -0.4 is 5.32 Å². The molecule has 1 atom stereocenters. The van der Waals surface area contributed by atoms with E-state index in [0.717, 1.165) is 17.5 Å². The summed E-state index contributed by atoms with van der Waals surface area (Å²) in [7, 11) is 0. The van der Waals surface area contributed by atoms with Crippen molar-refractivity contribution in [1.29, 1.82) is 0 Å². The fourth-order valence-corrected chi connectivity index (χ4v) is 2.40. The number of nitrogens with zero attached hydrogens (tertiary/aromatic N) is 1. The minimum atomic E-state index is -0.486. The van der Waals surface area contributed by atoms with Gasteiger partial charge in [0.25, 0.3) is 5.91 Å². The number of ketones is 1. The van der Waals surface area contributed by atoms with E-state index in [-0.39, 0.29) is 17.6 Å². The zero-order chi connectivity index (χ0) is 15.4. The van der Waals surface area contributed by atoms with Crippen LogP contribution in [0.3, 0.4) is 0 Å². The van der Waals surface area contributed by atoms with Gasteiger partial charge in [0.2, 0.25) is 0 Å². The Hall–Kier alpha value is -2.23. The molecule has 0 fully saturated rings. The van der Waals surface area contributed by atoms with Crippen LogP contribution in [0.25, 0.3) is 12.2 Å². The Bertz CT molecular complexity index is 615. The van der Waals surface area contributed by atoms with Crippen molar-refractivity contribution in [3.8, 4) is 0 Å². The first-order chi connectivity index (χ1) is 10.0. The molecule has 0 aromatic carbocycles. The van der Waals surface area contributed by atoms with Crippen molar-refractivity contribution >= 4 is 23.8 Å². The van der Waals surface area contributed by atoms with Crippen molar-refractivity contribution in [3.63, 3.8) is 0 Å². The molecule has 0 saturated carbocycles. The number of amides is 1. The topological polar surface area (TPSA) is 59.1 Å². The molecular weight excluding hydrogens is 264 g/mol. The molecule has 1 N–H and O–H groups in total. The van der Waals surface area contributed by atoms with E-state index in [1.54, 1.807) is 6.20 Å². The van der Waals surface area contributed by atoms with Gasteiger partial charge in [0.15, 0.2) is 5.78 Å². The second-order valence-corrected chi connectivity index (χ2v) is 5.51. The molecule has 0 spiro atoms. The monoisotopic (exact) mass is 284 g/mol. The van der Waals surface area contributed by atoms with Crippen LogP contribution in [-0.2, 0) is 4.79 Å². The normalized spacial score (nSPS) is 14.5. The molecule has 0 aliphatic heterocycles. The molecule has 21 heavy (non-hydrogen) atoms. The molecule has 1 aromatic rings. The maximum Gasteiger partial charge on any atom is 0.271 e. The van der Waals surface area contributed by atoms with Gasteiger partial charge in [0.05, 0.1) is 6.04 Å². The number of rotatable bonds is 4. The van der Waals surface area contributed by atoms with Crippen LogP contribution in [0.1, 0.15) is 48.8 Å². The van der Waals surface area contributed by atoms with E-state index >= 15 is 0 Å². The van der Waals surface area contributed by atoms with Gasteiger partial charge in [-0.25, -0.2) is 0 Å². The van der Waals surface area contributed by atoms with Gasteiger partial charge < -0.3 is 5.32 Å². The van der Waals surface area contributed by atoms with E-state index in [1.807, 2.05) is 44.2 Å². The van der Waals surface area contributed by atoms with Crippen molar-refractivity contribution in [3.05, 3.63) is 41.2 Å². The van der Waals surface area contributed by atoms with Gasteiger partial charge in [-0.05, 0) is 30.9 Å². The van der Waals surface area contributed by atoms with Crippen molar-refractivity contribution < 1.29 is 9.59 Å². The number of allylic oxidation sites excluding steroid dienone is 2. The van der Waals surface area contributed by atoms with Gasteiger partial charge in [-0.2, -0.15) is 0 Å². The van der Waals surface area contributed by atoms with Crippen LogP contribution in [0, 0.1) is 5.92 Å². The quantitative estimate of drug-likeness (QED) is 0.925. The number of Topliss-reactive ketones (excluding diaryl/α,β-unsaturated/α-hetero) is 1. The Morgan fingerprint density at radius 1 is 1.24 bits per heavy atom. The number of pyridine rings is 1. The Kier molecular flexibility index (Phi) is 4.68. The molecule has 110 valence electrons. The highest BCUT2D eigenvalue weighted by atomic mass is 16.2. The van der Waals surface area contributed by atoms with Gasteiger partial charge in [-0.1, -0.05) is 38.2 Å². The molecule has 2 rings (SSSR count). The lowest BCUT2D eigenvalue weighted by Gasteiger charge is -2.20. The van der Waals surface area contributed by atoms with Crippen molar-refractivity contribution in [2.24, 2.45) is 5.92 Å². The molecule has 4 nitrogen and oxygen atoms in total. The predicted octanol–water partition coefficient (Wildman–Crippen LogP) is 2.86. The van der Waals surface area contributed by atoms with Crippen LogP contribution in [-0.4, -0.2) is 22.7 Å². The molecule has 1 unspecified atom stereocenters. The summed E-state index contributed by atoms with van der Waals surface area (Å²) < 4.78 is 0. The minimum Gasteiger partial charge on any atom is -0.341 e. The number of hydrogen-bond donors (Lipinski definition) is 1. The molecule has 0 radical (unpaired) electrons. The summed E-state index contributed by atoms with van der Waals surface area (Å²) in [5.41, 5.74) is 2.13. The van der Waals surface area contributed by atoms with Crippen molar-refractivity contribution in [1.82, 2.24) is 10.3 Å². The van der Waals surface area contributed by atoms with Crippen LogP contribution in [0.4, 0.5) is 0 Å². The summed E-state index contributed by atoms with van der Waals surface area (Å²) >= 11 is 0. The zero-order valence-corrected chi connectivity index (χ0v) is 12.6. The predicted molar refractivity (Wildman–Crippen MR) is 83.7 cm³/mol.